The molecule has 12 heavy (non-hydrogen) atoms. The Morgan fingerprint density at radius 2 is 1.75 bits per heavy atom. The molecule has 0 saturated heterocycles. The summed E-state index contributed by atoms with van der Waals surface area (Å²) in [7, 11) is 0. The molecule has 0 aromatic heterocycles. The van der Waals surface area contributed by atoms with Gasteiger partial charge in [-0.2, -0.15) is 0 Å². The molecule has 0 unspecified atom stereocenters. The third kappa shape index (κ3) is 7.64. The van der Waals surface area contributed by atoms with E-state index in [2.05, 4.69) is 6.92 Å². The molecule has 0 rings (SSSR count). The molecule has 1 heteroatoms. The van der Waals surface area contributed by atoms with Crippen LogP contribution >= 0.6 is 0 Å². The van der Waals surface area contributed by atoms with Crippen LogP contribution in [0.3, 0.4) is 0 Å². The fourth-order valence-corrected chi connectivity index (χ4v) is 1.25. The van der Waals surface area contributed by atoms with Gasteiger partial charge >= 0.3 is 0 Å². The molecule has 1 nitrogen and oxygen atoms in total. The summed E-state index contributed by atoms with van der Waals surface area (Å²) in [5.41, 5.74) is 0. The zero-order valence-corrected chi connectivity index (χ0v) is 8.47. The fourth-order valence-electron chi connectivity index (χ4n) is 1.25. The first-order chi connectivity index (χ1) is 5.81. The van der Waals surface area contributed by atoms with E-state index in [0.29, 0.717) is 5.76 Å². The minimum atomic E-state index is 0.578. The van der Waals surface area contributed by atoms with Crippen molar-refractivity contribution in [2.24, 2.45) is 0 Å². The lowest BCUT2D eigenvalue weighted by Crippen LogP contribution is -1.83. The Morgan fingerprint density at radius 3 is 2.33 bits per heavy atom. The van der Waals surface area contributed by atoms with E-state index in [4.69, 9.17) is 0 Å². The Labute approximate surface area is 76.5 Å². The van der Waals surface area contributed by atoms with E-state index >= 15 is 0 Å². The van der Waals surface area contributed by atoms with Gasteiger partial charge in [-0.05, 0) is 18.9 Å². The number of aliphatic hydroxyl groups excluding tert-OH is 1. The molecule has 1 N–H and O–H groups in total. The smallest absolute Gasteiger partial charge is 0.0882 e. The maximum absolute atomic E-state index is 9.27. The van der Waals surface area contributed by atoms with Crippen molar-refractivity contribution in [1.29, 1.82) is 0 Å². The number of hydrogen-bond donors (Lipinski definition) is 1. The van der Waals surface area contributed by atoms with Crippen LogP contribution in [0, 0.1) is 0 Å². The first kappa shape index (κ1) is 11.5. The van der Waals surface area contributed by atoms with Crippen LogP contribution in [-0.4, -0.2) is 5.11 Å². The lowest BCUT2D eigenvalue weighted by molar-refractivity contribution is 0.378. The van der Waals surface area contributed by atoms with Gasteiger partial charge in [0.25, 0.3) is 0 Å². The second-order valence-electron chi connectivity index (χ2n) is 3.27. The molecule has 0 bridgehead atoms. The van der Waals surface area contributed by atoms with Gasteiger partial charge in [-0.15, -0.1) is 0 Å². The van der Waals surface area contributed by atoms with Gasteiger partial charge in [0.2, 0.25) is 0 Å². The van der Waals surface area contributed by atoms with Crippen LogP contribution in [0.5, 0.6) is 0 Å². The molecule has 0 atom stereocenters. The van der Waals surface area contributed by atoms with Gasteiger partial charge in [0.15, 0.2) is 0 Å². The van der Waals surface area contributed by atoms with Crippen molar-refractivity contribution < 1.29 is 5.11 Å². The van der Waals surface area contributed by atoms with Gasteiger partial charge in [0.1, 0.15) is 0 Å². The average molecular weight is 170 g/mol. The van der Waals surface area contributed by atoms with E-state index in [-0.39, 0.29) is 0 Å². The van der Waals surface area contributed by atoms with Gasteiger partial charge in [-0.25, -0.2) is 0 Å². The number of allylic oxidation sites excluding steroid dienone is 2. The van der Waals surface area contributed by atoms with Crippen molar-refractivity contribution in [2.75, 3.05) is 0 Å². The molecule has 0 aliphatic carbocycles. The van der Waals surface area contributed by atoms with Crippen LogP contribution in [0.25, 0.3) is 0 Å². The highest BCUT2D eigenvalue weighted by molar-refractivity contribution is 4.89. The van der Waals surface area contributed by atoms with E-state index in [9.17, 15) is 5.11 Å². The minimum Gasteiger partial charge on any atom is -0.513 e. The quantitative estimate of drug-likeness (QED) is 0.448. The molecular formula is C11H22O. The van der Waals surface area contributed by atoms with Crippen LogP contribution in [0.2, 0.25) is 0 Å². The van der Waals surface area contributed by atoms with E-state index in [1.807, 2.05) is 13.0 Å². The molecule has 0 radical (unpaired) electrons. The van der Waals surface area contributed by atoms with E-state index < -0.39 is 0 Å². The van der Waals surface area contributed by atoms with Crippen molar-refractivity contribution in [3.63, 3.8) is 0 Å². The zero-order valence-electron chi connectivity index (χ0n) is 8.47. The lowest BCUT2D eigenvalue weighted by Gasteiger charge is -1.99. The predicted molar refractivity (Wildman–Crippen MR) is 54.4 cm³/mol. The van der Waals surface area contributed by atoms with Crippen molar-refractivity contribution in [1.82, 2.24) is 0 Å². The molecule has 0 aromatic carbocycles. The van der Waals surface area contributed by atoms with E-state index in [1.54, 1.807) is 0 Å². The minimum absolute atomic E-state index is 0.578. The highest BCUT2D eigenvalue weighted by Gasteiger charge is 1.92. The molecule has 0 heterocycles. The summed E-state index contributed by atoms with van der Waals surface area (Å²) in [5.74, 6) is 0.578. The van der Waals surface area contributed by atoms with Gasteiger partial charge < -0.3 is 5.11 Å². The fraction of sp³-hybridized carbons (Fsp3) is 0.818. The summed E-state index contributed by atoms with van der Waals surface area (Å²) in [6, 6.07) is 0. The van der Waals surface area contributed by atoms with Gasteiger partial charge in [-0.1, -0.05) is 39.5 Å². The molecule has 0 aromatic rings. The predicted octanol–water partition coefficient (Wildman–Crippen LogP) is 4.20. The molecule has 0 aliphatic heterocycles. The summed E-state index contributed by atoms with van der Waals surface area (Å²) in [6.45, 7) is 4.27. The van der Waals surface area contributed by atoms with Gasteiger partial charge in [-0.3, -0.25) is 0 Å². The standard InChI is InChI=1S/C11H22O/c1-3-5-6-7-8-10-11(12)9-4-2/h9,12H,3-8,10H2,1-2H3/b11-9-. The third-order valence-electron chi connectivity index (χ3n) is 1.98. The van der Waals surface area contributed by atoms with Crippen molar-refractivity contribution in [3.8, 4) is 0 Å². The highest BCUT2D eigenvalue weighted by atomic mass is 16.3. The molecular weight excluding hydrogens is 148 g/mol. The summed E-state index contributed by atoms with van der Waals surface area (Å²) in [5, 5.41) is 9.27. The SMILES string of the molecule is CC/C=C(\O)CCCCCCC. The Bertz CT molecular complexity index is 116. The maximum atomic E-state index is 9.27. The number of hydrogen-bond acceptors (Lipinski definition) is 1. The molecule has 0 amide bonds. The Kier molecular flexibility index (Phi) is 8.30. The number of rotatable bonds is 7. The van der Waals surface area contributed by atoms with Crippen molar-refractivity contribution >= 4 is 0 Å². The van der Waals surface area contributed by atoms with Crippen LogP contribution in [0.1, 0.15) is 58.8 Å². The molecule has 0 aliphatic rings. The van der Waals surface area contributed by atoms with E-state index in [0.717, 1.165) is 19.3 Å². The second-order valence-corrected chi connectivity index (χ2v) is 3.27. The third-order valence-corrected chi connectivity index (χ3v) is 1.98. The monoisotopic (exact) mass is 170 g/mol. The van der Waals surface area contributed by atoms with Crippen LogP contribution in [0.4, 0.5) is 0 Å². The zero-order chi connectivity index (χ0) is 9.23. The molecule has 0 fully saturated rings. The Balaban J connectivity index is 3.14. The maximum Gasteiger partial charge on any atom is 0.0882 e. The molecule has 0 spiro atoms. The van der Waals surface area contributed by atoms with Crippen molar-refractivity contribution in [3.05, 3.63) is 11.8 Å². The van der Waals surface area contributed by atoms with Crippen LogP contribution < -0.4 is 0 Å². The number of aliphatic hydroxyl groups is 1. The first-order valence-electron chi connectivity index (χ1n) is 5.19. The van der Waals surface area contributed by atoms with Crippen LogP contribution in [0.15, 0.2) is 11.8 Å². The lowest BCUT2D eigenvalue weighted by atomic mass is 10.1. The normalized spacial score (nSPS) is 12.0. The Hall–Kier alpha value is -0.460. The highest BCUT2D eigenvalue weighted by Crippen LogP contribution is 2.09. The molecule has 72 valence electrons. The van der Waals surface area contributed by atoms with Crippen LogP contribution in [-0.2, 0) is 0 Å². The largest absolute Gasteiger partial charge is 0.513 e. The van der Waals surface area contributed by atoms with E-state index in [1.165, 1.54) is 25.7 Å². The summed E-state index contributed by atoms with van der Waals surface area (Å²) in [4.78, 5) is 0. The van der Waals surface area contributed by atoms with Gasteiger partial charge in [0, 0.05) is 6.42 Å². The van der Waals surface area contributed by atoms with Gasteiger partial charge in [0.05, 0.1) is 5.76 Å². The Morgan fingerprint density at radius 1 is 1.08 bits per heavy atom. The summed E-state index contributed by atoms with van der Waals surface area (Å²) < 4.78 is 0. The summed E-state index contributed by atoms with van der Waals surface area (Å²) >= 11 is 0. The average Bonchev–Trinajstić information content (AvgIpc) is 2.05. The molecule has 0 saturated carbocycles. The first-order valence-corrected chi connectivity index (χ1v) is 5.19. The second kappa shape index (κ2) is 8.63. The number of unbranched alkanes of at least 4 members (excludes halogenated alkanes) is 4. The van der Waals surface area contributed by atoms with Crippen molar-refractivity contribution in [2.45, 2.75) is 58.8 Å². The summed E-state index contributed by atoms with van der Waals surface area (Å²) in [6.07, 6.45) is 10.1. The topological polar surface area (TPSA) is 20.2 Å².